The van der Waals surface area contributed by atoms with E-state index in [4.69, 9.17) is 5.11 Å². The highest BCUT2D eigenvalue weighted by molar-refractivity contribution is 5.74. The summed E-state index contributed by atoms with van der Waals surface area (Å²) in [5.74, 6) is -8.68. The van der Waals surface area contributed by atoms with Gasteiger partial charge in [-0.1, -0.05) is 6.92 Å². The van der Waals surface area contributed by atoms with E-state index in [-0.39, 0.29) is 6.42 Å². The minimum absolute atomic E-state index is 0.0758. The van der Waals surface area contributed by atoms with Crippen LogP contribution < -0.4 is 0 Å². The number of carboxylic acids is 1. The summed E-state index contributed by atoms with van der Waals surface area (Å²) in [5.41, 5.74) is -2.00. The fourth-order valence-electron chi connectivity index (χ4n) is 1.07. The van der Waals surface area contributed by atoms with Crippen LogP contribution in [0.4, 0.5) is 22.0 Å². The van der Waals surface area contributed by atoms with Crippen molar-refractivity contribution < 1.29 is 46.1 Å². The largest absolute Gasteiger partial charge is 0.477 e. The molecule has 3 unspecified atom stereocenters. The van der Waals surface area contributed by atoms with E-state index in [0.29, 0.717) is 13.8 Å². The smallest absolute Gasteiger partial charge is 0.414 e. The number of hydrogen-bond donors (Lipinski definition) is 1. The van der Waals surface area contributed by atoms with E-state index in [2.05, 4.69) is 14.2 Å². The third kappa shape index (κ3) is 6.96. The van der Waals surface area contributed by atoms with Gasteiger partial charge >= 0.3 is 17.9 Å². The Hall–Kier alpha value is -1.00. The molecule has 0 saturated carbocycles. The Bertz CT molecular complexity index is 398. The third-order valence-corrected chi connectivity index (χ3v) is 3.02. The summed E-state index contributed by atoms with van der Waals surface area (Å²) in [5, 5.41) is 8.39. The molecular weight excluding hydrogens is 331 g/mol. The lowest BCUT2D eigenvalue weighted by Crippen LogP contribution is -2.48. The van der Waals surface area contributed by atoms with E-state index in [0.717, 1.165) is 6.92 Å². The number of carboxylic acid groups (broad SMARTS) is 1. The zero-order valence-corrected chi connectivity index (χ0v) is 13.3. The van der Waals surface area contributed by atoms with E-state index >= 15 is 0 Å². The van der Waals surface area contributed by atoms with Crippen molar-refractivity contribution in [3.05, 3.63) is 0 Å². The average Bonchev–Trinajstić information content (AvgIpc) is 2.41. The molecule has 0 aromatic carbocycles. The number of alkyl halides is 5. The molecule has 3 atom stereocenters. The number of aliphatic carboxylic acids is 1. The van der Waals surface area contributed by atoms with Crippen LogP contribution in [0.2, 0.25) is 0 Å². The van der Waals surface area contributed by atoms with E-state index in [9.17, 15) is 26.7 Å². The number of rotatable bonds is 11. The summed E-state index contributed by atoms with van der Waals surface area (Å²) in [6.07, 6.45) is -4.55. The first-order chi connectivity index (χ1) is 10.2. The second-order valence-corrected chi connectivity index (χ2v) is 5.41. The van der Waals surface area contributed by atoms with E-state index in [1.54, 1.807) is 0 Å². The predicted molar refractivity (Wildman–Crippen MR) is 69.3 cm³/mol. The molecule has 0 aliphatic heterocycles. The topological polar surface area (TPSA) is 65.0 Å². The van der Waals surface area contributed by atoms with Crippen LogP contribution in [-0.4, -0.2) is 54.4 Å². The van der Waals surface area contributed by atoms with Gasteiger partial charge in [-0.3, -0.25) is 0 Å². The zero-order valence-electron chi connectivity index (χ0n) is 13.3. The van der Waals surface area contributed by atoms with Gasteiger partial charge in [0.2, 0.25) is 0 Å². The Balaban J connectivity index is 4.47. The van der Waals surface area contributed by atoms with Crippen molar-refractivity contribution in [3.63, 3.8) is 0 Å². The lowest BCUT2D eigenvalue weighted by Gasteiger charge is -2.31. The van der Waals surface area contributed by atoms with Crippen LogP contribution in [0.25, 0.3) is 0 Å². The van der Waals surface area contributed by atoms with Gasteiger partial charge in [0.05, 0.1) is 19.8 Å². The summed E-state index contributed by atoms with van der Waals surface area (Å²) in [6, 6.07) is 0. The highest BCUT2D eigenvalue weighted by atomic mass is 19.3. The molecular formula is C13H21F5O5. The highest BCUT2D eigenvalue weighted by Crippen LogP contribution is 2.35. The van der Waals surface area contributed by atoms with Gasteiger partial charge < -0.3 is 19.3 Å². The van der Waals surface area contributed by atoms with Crippen molar-refractivity contribution in [2.75, 3.05) is 19.8 Å². The molecule has 0 bridgehead atoms. The Labute approximate surface area is 130 Å². The van der Waals surface area contributed by atoms with Crippen LogP contribution in [0.15, 0.2) is 0 Å². The van der Waals surface area contributed by atoms with Crippen LogP contribution in [0.3, 0.4) is 0 Å². The molecule has 0 aromatic heterocycles. The molecule has 5 nitrogen and oxygen atoms in total. The van der Waals surface area contributed by atoms with E-state index in [1.165, 1.54) is 6.92 Å². The number of halogens is 5. The van der Waals surface area contributed by atoms with Gasteiger partial charge in [0.25, 0.3) is 5.85 Å². The minimum atomic E-state index is -4.48. The maximum atomic E-state index is 13.9. The van der Waals surface area contributed by atoms with Crippen LogP contribution in [0.1, 0.15) is 34.1 Å². The van der Waals surface area contributed by atoms with Gasteiger partial charge in [-0.25, -0.2) is 13.6 Å². The van der Waals surface area contributed by atoms with Gasteiger partial charge in [-0.15, -0.1) is 0 Å². The van der Waals surface area contributed by atoms with Gasteiger partial charge in [-0.05, 0) is 13.3 Å². The maximum absolute atomic E-state index is 13.9. The van der Waals surface area contributed by atoms with Gasteiger partial charge in [0.1, 0.15) is 5.67 Å². The Morgan fingerprint density at radius 1 is 0.957 bits per heavy atom. The molecule has 0 aliphatic rings. The first-order valence-corrected chi connectivity index (χ1v) is 6.77. The maximum Gasteiger partial charge on any atom is 0.414 e. The summed E-state index contributed by atoms with van der Waals surface area (Å²) >= 11 is 0. The number of hydrogen-bond acceptors (Lipinski definition) is 4. The summed E-state index contributed by atoms with van der Waals surface area (Å²) in [4.78, 5) is 10.4. The number of carbonyl (C=O) groups is 1. The first kappa shape index (κ1) is 22.0. The lowest BCUT2D eigenvalue weighted by atomic mass is 10.1. The Kier molecular flexibility index (Phi) is 7.38. The lowest BCUT2D eigenvalue weighted by molar-refractivity contribution is -0.382. The van der Waals surface area contributed by atoms with Crippen molar-refractivity contribution in [1.29, 1.82) is 0 Å². The van der Waals surface area contributed by atoms with Crippen molar-refractivity contribution in [1.82, 2.24) is 0 Å². The summed E-state index contributed by atoms with van der Waals surface area (Å²) in [7, 11) is 0. The molecule has 0 saturated heterocycles. The van der Waals surface area contributed by atoms with E-state index in [1.807, 2.05) is 0 Å². The van der Waals surface area contributed by atoms with Crippen LogP contribution in [0, 0.1) is 0 Å². The molecule has 0 spiro atoms. The molecule has 0 heterocycles. The molecule has 0 rings (SSSR count). The highest BCUT2D eigenvalue weighted by Gasteiger charge is 2.55. The monoisotopic (exact) mass is 352 g/mol. The van der Waals surface area contributed by atoms with Crippen molar-refractivity contribution in [2.45, 2.75) is 57.6 Å². The molecule has 10 heteroatoms. The predicted octanol–water partition coefficient (Wildman–Crippen LogP) is 3.22. The number of ether oxygens (including phenoxy) is 3. The molecule has 138 valence electrons. The summed E-state index contributed by atoms with van der Waals surface area (Å²) < 4.78 is 80.0. The van der Waals surface area contributed by atoms with Crippen LogP contribution in [0.5, 0.6) is 0 Å². The van der Waals surface area contributed by atoms with Gasteiger partial charge in [0, 0.05) is 13.8 Å². The molecule has 1 N–H and O–H groups in total. The standard InChI is InChI=1S/C13H21F5O5/c1-5-10(2,14)8-23-12(4,16)13(17,18)22-7-6-21-11(3,15)9(19)20/h5-8H2,1-4H3,(H,19,20). The zero-order chi connectivity index (χ0) is 18.5. The summed E-state index contributed by atoms with van der Waals surface area (Å²) in [6.45, 7) is 0.599. The normalized spacial score (nSPS) is 20.4. The SMILES string of the molecule is CCC(C)(F)COC(C)(F)C(F)(F)OCCOC(C)(F)C(=O)O. The Morgan fingerprint density at radius 3 is 1.87 bits per heavy atom. The molecule has 0 amide bonds. The molecule has 0 radical (unpaired) electrons. The van der Waals surface area contributed by atoms with Gasteiger partial charge in [0.15, 0.2) is 0 Å². The molecule has 0 aromatic rings. The average molecular weight is 352 g/mol. The fourth-order valence-corrected chi connectivity index (χ4v) is 1.07. The van der Waals surface area contributed by atoms with Gasteiger partial charge in [-0.2, -0.15) is 13.2 Å². The van der Waals surface area contributed by atoms with Crippen LogP contribution >= 0.6 is 0 Å². The second-order valence-electron chi connectivity index (χ2n) is 5.41. The van der Waals surface area contributed by atoms with Crippen molar-refractivity contribution in [2.24, 2.45) is 0 Å². The molecule has 0 aliphatic carbocycles. The van der Waals surface area contributed by atoms with Crippen LogP contribution in [-0.2, 0) is 19.0 Å². The minimum Gasteiger partial charge on any atom is -0.477 e. The fraction of sp³-hybridized carbons (Fsp3) is 0.923. The van der Waals surface area contributed by atoms with Crippen molar-refractivity contribution >= 4 is 5.97 Å². The first-order valence-electron chi connectivity index (χ1n) is 6.77. The molecule has 0 fully saturated rings. The molecule has 23 heavy (non-hydrogen) atoms. The quantitative estimate of drug-likeness (QED) is 0.457. The second kappa shape index (κ2) is 7.71. The Morgan fingerprint density at radius 2 is 1.43 bits per heavy atom. The van der Waals surface area contributed by atoms with Crippen molar-refractivity contribution in [3.8, 4) is 0 Å². The van der Waals surface area contributed by atoms with E-state index < -0.39 is 49.3 Å². The third-order valence-electron chi connectivity index (χ3n) is 3.02.